The lowest BCUT2D eigenvalue weighted by Crippen LogP contribution is -2.13. The molecule has 0 spiro atoms. The van der Waals surface area contributed by atoms with Crippen LogP contribution in [0.5, 0.6) is 0 Å². The second-order valence-electron chi connectivity index (χ2n) is 5.03. The van der Waals surface area contributed by atoms with Gasteiger partial charge in [0.15, 0.2) is 0 Å². The Morgan fingerprint density at radius 2 is 1.70 bits per heavy atom. The van der Waals surface area contributed by atoms with Crippen LogP contribution in [-0.4, -0.2) is 21.0 Å². The van der Waals surface area contributed by atoms with Gasteiger partial charge in [0.05, 0.1) is 10.5 Å². The molecule has 0 saturated carbocycles. The molecule has 0 saturated heterocycles. The van der Waals surface area contributed by atoms with E-state index in [0.717, 1.165) is 5.57 Å². The van der Waals surface area contributed by atoms with Crippen molar-refractivity contribution in [1.29, 1.82) is 0 Å². The van der Waals surface area contributed by atoms with E-state index < -0.39 is 16.0 Å². The van der Waals surface area contributed by atoms with Gasteiger partial charge in [-0.3, -0.25) is 4.72 Å². The second-order valence-corrected chi connectivity index (χ2v) is 6.71. The average molecular weight is 331 g/mol. The van der Waals surface area contributed by atoms with Crippen LogP contribution < -0.4 is 4.72 Å². The van der Waals surface area contributed by atoms with Crippen LogP contribution in [0.2, 0.25) is 0 Å². The summed E-state index contributed by atoms with van der Waals surface area (Å²) < 4.78 is 32.0. The van der Waals surface area contributed by atoms with Crippen LogP contribution in [0.25, 0.3) is 0 Å². The van der Waals surface area contributed by atoms with Crippen LogP contribution in [0.3, 0.4) is 0 Å². The molecule has 2 aromatic rings. The summed E-state index contributed by atoms with van der Waals surface area (Å²) in [5.74, 6) is -0.520. The Morgan fingerprint density at radius 3 is 2.26 bits per heavy atom. The van der Waals surface area contributed by atoms with Crippen LogP contribution in [0, 0.1) is 0 Å². The lowest BCUT2D eigenvalue weighted by molar-refractivity contribution is 0.0540. The van der Waals surface area contributed by atoms with Gasteiger partial charge in [-0.2, -0.15) is 0 Å². The van der Waals surface area contributed by atoms with E-state index in [9.17, 15) is 13.2 Å². The van der Waals surface area contributed by atoms with Gasteiger partial charge in [0.1, 0.15) is 6.61 Å². The highest BCUT2D eigenvalue weighted by Crippen LogP contribution is 2.16. The summed E-state index contributed by atoms with van der Waals surface area (Å²) in [6, 6.07) is 14.1. The number of sulfonamides is 1. The largest absolute Gasteiger partial charge is 0.458 e. The minimum Gasteiger partial charge on any atom is -0.458 e. The maximum absolute atomic E-state index is 12.3. The molecule has 0 amide bonds. The molecule has 0 unspecified atom stereocenters. The molecule has 0 aliphatic rings. The zero-order valence-corrected chi connectivity index (χ0v) is 13.5. The molecule has 0 heterocycles. The van der Waals surface area contributed by atoms with Crippen molar-refractivity contribution in [2.24, 2.45) is 0 Å². The number of para-hydroxylation sites is 1. The summed E-state index contributed by atoms with van der Waals surface area (Å²) in [6.45, 7) is 5.52. The quantitative estimate of drug-likeness (QED) is 0.651. The number of ether oxygens (including phenoxy) is 1. The number of carbonyl (C=O) groups is 1. The van der Waals surface area contributed by atoms with Gasteiger partial charge >= 0.3 is 5.97 Å². The van der Waals surface area contributed by atoms with Crippen molar-refractivity contribution in [2.75, 3.05) is 11.3 Å². The lowest BCUT2D eigenvalue weighted by atomic mass is 10.2. The summed E-state index contributed by atoms with van der Waals surface area (Å²) in [5, 5.41) is 0. The van der Waals surface area contributed by atoms with Gasteiger partial charge in [-0.15, -0.1) is 0 Å². The second kappa shape index (κ2) is 7.11. The Hall–Kier alpha value is -2.60. The molecule has 23 heavy (non-hydrogen) atoms. The van der Waals surface area contributed by atoms with Crippen molar-refractivity contribution >= 4 is 21.7 Å². The summed E-state index contributed by atoms with van der Waals surface area (Å²) in [6.07, 6.45) is 0. The van der Waals surface area contributed by atoms with Crippen LogP contribution in [0.4, 0.5) is 5.69 Å². The first kappa shape index (κ1) is 16.8. The van der Waals surface area contributed by atoms with Crippen molar-refractivity contribution in [1.82, 2.24) is 0 Å². The third-order valence-electron chi connectivity index (χ3n) is 2.88. The van der Waals surface area contributed by atoms with Gasteiger partial charge in [0, 0.05) is 5.69 Å². The van der Waals surface area contributed by atoms with Crippen molar-refractivity contribution in [3.63, 3.8) is 0 Å². The molecule has 5 nitrogen and oxygen atoms in total. The van der Waals surface area contributed by atoms with Gasteiger partial charge in [0.25, 0.3) is 10.0 Å². The zero-order valence-electron chi connectivity index (χ0n) is 12.7. The van der Waals surface area contributed by atoms with Crippen molar-refractivity contribution in [2.45, 2.75) is 11.8 Å². The Bertz CT molecular complexity index is 796. The summed E-state index contributed by atoms with van der Waals surface area (Å²) in [4.78, 5) is 11.8. The maximum Gasteiger partial charge on any atom is 0.338 e. The molecule has 2 aromatic carbocycles. The van der Waals surface area contributed by atoms with E-state index in [4.69, 9.17) is 4.74 Å². The Labute approximate surface area is 135 Å². The first-order valence-electron chi connectivity index (χ1n) is 6.88. The molecular weight excluding hydrogens is 314 g/mol. The highest BCUT2D eigenvalue weighted by molar-refractivity contribution is 7.92. The number of rotatable bonds is 6. The SMILES string of the molecule is C=C(C)COC(=O)c1ccc(S(=O)(=O)Nc2ccccc2)cc1. The van der Waals surface area contributed by atoms with E-state index in [0.29, 0.717) is 5.69 Å². The van der Waals surface area contributed by atoms with E-state index >= 15 is 0 Å². The fourth-order valence-corrected chi connectivity index (χ4v) is 2.82. The fourth-order valence-electron chi connectivity index (χ4n) is 1.76. The van der Waals surface area contributed by atoms with Gasteiger partial charge < -0.3 is 4.74 Å². The summed E-state index contributed by atoms with van der Waals surface area (Å²) >= 11 is 0. The average Bonchev–Trinajstić information content (AvgIpc) is 2.53. The number of anilines is 1. The number of hydrogen-bond acceptors (Lipinski definition) is 4. The molecule has 0 aliphatic heterocycles. The third kappa shape index (κ3) is 4.69. The molecule has 0 aliphatic carbocycles. The van der Waals surface area contributed by atoms with Crippen LogP contribution in [0.15, 0.2) is 71.6 Å². The molecule has 0 bridgehead atoms. The van der Waals surface area contributed by atoms with Crippen LogP contribution in [0.1, 0.15) is 17.3 Å². The molecule has 2 rings (SSSR count). The first-order valence-corrected chi connectivity index (χ1v) is 8.36. The number of esters is 1. The minimum absolute atomic E-state index is 0.0674. The predicted molar refractivity (Wildman–Crippen MR) is 88.8 cm³/mol. The molecule has 0 radical (unpaired) electrons. The smallest absolute Gasteiger partial charge is 0.338 e. The summed E-state index contributed by atoms with van der Waals surface area (Å²) in [5.41, 5.74) is 1.48. The Kier molecular flexibility index (Phi) is 5.18. The molecular formula is C17H17NO4S. The molecule has 0 aromatic heterocycles. The van der Waals surface area contributed by atoms with Crippen molar-refractivity contribution in [3.05, 3.63) is 72.3 Å². The maximum atomic E-state index is 12.3. The van der Waals surface area contributed by atoms with Gasteiger partial charge in [0.2, 0.25) is 0 Å². The van der Waals surface area contributed by atoms with Gasteiger partial charge in [-0.25, -0.2) is 13.2 Å². The Morgan fingerprint density at radius 1 is 1.09 bits per heavy atom. The van der Waals surface area contributed by atoms with Gasteiger partial charge in [-0.1, -0.05) is 24.8 Å². The first-order chi connectivity index (χ1) is 10.9. The summed E-state index contributed by atoms with van der Waals surface area (Å²) in [7, 11) is -3.70. The molecule has 6 heteroatoms. The number of carbonyl (C=O) groups excluding carboxylic acids is 1. The third-order valence-corrected chi connectivity index (χ3v) is 4.27. The normalized spacial score (nSPS) is 10.8. The molecule has 0 atom stereocenters. The van der Waals surface area contributed by atoms with E-state index in [1.54, 1.807) is 37.3 Å². The topological polar surface area (TPSA) is 72.5 Å². The van der Waals surface area contributed by atoms with Crippen LogP contribution in [-0.2, 0) is 14.8 Å². The molecule has 120 valence electrons. The van der Waals surface area contributed by atoms with Gasteiger partial charge in [-0.05, 0) is 48.9 Å². The van der Waals surface area contributed by atoms with Crippen molar-refractivity contribution < 1.29 is 17.9 Å². The zero-order chi connectivity index (χ0) is 16.9. The molecule has 0 fully saturated rings. The minimum atomic E-state index is -3.70. The van der Waals surface area contributed by atoms with E-state index in [1.807, 2.05) is 0 Å². The number of benzene rings is 2. The highest BCUT2D eigenvalue weighted by atomic mass is 32.2. The Balaban J connectivity index is 2.12. The predicted octanol–water partition coefficient (Wildman–Crippen LogP) is 3.22. The van der Waals surface area contributed by atoms with Crippen LogP contribution >= 0.6 is 0 Å². The fraction of sp³-hybridized carbons (Fsp3) is 0.118. The van der Waals surface area contributed by atoms with E-state index in [-0.39, 0.29) is 17.1 Å². The number of nitrogens with one attached hydrogen (secondary N) is 1. The molecule has 1 N–H and O–H groups in total. The standard InChI is InChI=1S/C17H17NO4S/c1-13(2)12-22-17(19)14-8-10-16(11-9-14)23(20,21)18-15-6-4-3-5-7-15/h3-11,18H,1,12H2,2H3. The monoisotopic (exact) mass is 331 g/mol. The van der Waals surface area contributed by atoms with E-state index in [1.165, 1.54) is 24.3 Å². The number of hydrogen-bond donors (Lipinski definition) is 1. The van der Waals surface area contributed by atoms with E-state index in [2.05, 4.69) is 11.3 Å². The van der Waals surface area contributed by atoms with Crippen molar-refractivity contribution in [3.8, 4) is 0 Å². The lowest BCUT2D eigenvalue weighted by Gasteiger charge is -2.09. The highest BCUT2D eigenvalue weighted by Gasteiger charge is 2.15.